The fourth-order valence-corrected chi connectivity index (χ4v) is 4.99. The molecule has 2 fully saturated rings. The van der Waals surface area contributed by atoms with Crippen molar-refractivity contribution in [3.8, 4) is 0 Å². The highest BCUT2D eigenvalue weighted by Crippen LogP contribution is 2.23. The molecule has 38 heavy (non-hydrogen) atoms. The van der Waals surface area contributed by atoms with E-state index >= 15 is 0 Å². The second-order valence-electron chi connectivity index (χ2n) is 10.3. The van der Waals surface area contributed by atoms with Crippen molar-refractivity contribution in [2.75, 3.05) is 61.8 Å². The van der Waals surface area contributed by atoms with Crippen molar-refractivity contribution >= 4 is 29.0 Å². The molecule has 0 radical (unpaired) electrons. The first-order chi connectivity index (χ1) is 18.4. The fourth-order valence-electron chi connectivity index (χ4n) is 4.99. The van der Waals surface area contributed by atoms with Gasteiger partial charge in [-0.25, -0.2) is 4.98 Å². The molecule has 1 aromatic heterocycles. The lowest BCUT2D eigenvalue weighted by molar-refractivity contribution is 0.101. The summed E-state index contributed by atoms with van der Waals surface area (Å²) in [5.41, 5.74) is 4.53. The lowest BCUT2D eigenvalue weighted by atomic mass is 10.1. The van der Waals surface area contributed by atoms with Crippen molar-refractivity contribution < 1.29 is 9.59 Å². The monoisotopic (exact) mass is 512 g/mol. The summed E-state index contributed by atoms with van der Waals surface area (Å²) in [7, 11) is 2.15. The third-order valence-electron chi connectivity index (χ3n) is 7.37. The van der Waals surface area contributed by atoms with Crippen LogP contribution in [-0.2, 0) is 6.54 Å². The largest absolute Gasteiger partial charge is 0.357 e. The van der Waals surface area contributed by atoms with Gasteiger partial charge in [-0.05, 0) is 74.3 Å². The van der Waals surface area contributed by atoms with E-state index in [-0.39, 0.29) is 11.8 Å². The SMILES string of the molecule is Cc1ccc(NC(=O)c2ccnc(N3CCCC3)c2)cc1NC(=O)c1cccc(CN2CCN(C)CC2)c1. The maximum atomic E-state index is 13.1. The standard InChI is InChI=1S/C30H36N6O2/c1-22-8-9-26(32-29(37)25-10-11-31-28(19-25)36-12-3-4-13-36)20-27(22)33-30(38)24-7-5-6-23(18-24)21-35-16-14-34(2)15-17-35/h5-11,18-20H,3-4,12-17,21H2,1-2H3,(H,32,37)(H,33,38). The number of likely N-dealkylation sites (N-methyl/N-ethyl adjacent to an activating group) is 1. The molecule has 8 nitrogen and oxygen atoms in total. The molecule has 0 unspecified atom stereocenters. The van der Waals surface area contributed by atoms with Crippen LogP contribution in [0.2, 0.25) is 0 Å². The first kappa shape index (κ1) is 25.9. The predicted octanol–water partition coefficient (Wildman–Crippen LogP) is 4.24. The number of hydrogen-bond acceptors (Lipinski definition) is 6. The van der Waals surface area contributed by atoms with Gasteiger partial charge in [0.15, 0.2) is 0 Å². The maximum Gasteiger partial charge on any atom is 0.255 e. The van der Waals surface area contributed by atoms with E-state index in [1.165, 1.54) is 0 Å². The topological polar surface area (TPSA) is 80.8 Å². The molecule has 5 rings (SSSR count). The number of nitrogens with one attached hydrogen (secondary N) is 2. The highest BCUT2D eigenvalue weighted by molar-refractivity contribution is 6.07. The van der Waals surface area contributed by atoms with Gasteiger partial charge in [-0.15, -0.1) is 0 Å². The van der Waals surface area contributed by atoms with Crippen LogP contribution in [0.25, 0.3) is 0 Å². The Bertz CT molecular complexity index is 1300. The molecule has 0 bridgehead atoms. The number of carbonyl (C=O) groups is 2. The minimum atomic E-state index is -0.203. The normalized spacial score (nSPS) is 16.4. The Morgan fingerprint density at radius 2 is 1.58 bits per heavy atom. The smallest absolute Gasteiger partial charge is 0.255 e. The van der Waals surface area contributed by atoms with Crippen molar-refractivity contribution in [1.82, 2.24) is 14.8 Å². The molecule has 2 aliphatic rings. The Hall–Kier alpha value is -3.75. The summed E-state index contributed by atoms with van der Waals surface area (Å²) in [6.45, 7) is 8.91. The summed E-state index contributed by atoms with van der Waals surface area (Å²) in [5.74, 6) is 0.466. The summed E-state index contributed by atoms with van der Waals surface area (Å²) in [5, 5.41) is 6.00. The molecule has 2 aliphatic heterocycles. The second-order valence-corrected chi connectivity index (χ2v) is 10.3. The molecule has 2 saturated heterocycles. The summed E-state index contributed by atoms with van der Waals surface area (Å²) >= 11 is 0. The molecule has 0 aliphatic carbocycles. The van der Waals surface area contributed by atoms with Crippen LogP contribution in [0.5, 0.6) is 0 Å². The second kappa shape index (κ2) is 11.8. The van der Waals surface area contributed by atoms with Gasteiger partial charge in [-0.1, -0.05) is 18.2 Å². The Morgan fingerprint density at radius 1 is 0.842 bits per heavy atom. The van der Waals surface area contributed by atoms with Crippen molar-refractivity contribution in [2.45, 2.75) is 26.3 Å². The van der Waals surface area contributed by atoms with Crippen molar-refractivity contribution in [3.63, 3.8) is 0 Å². The van der Waals surface area contributed by atoms with Gasteiger partial charge < -0.3 is 20.4 Å². The van der Waals surface area contributed by atoms with E-state index in [1.54, 1.807) is 12.3 Å². The Kier molecular flexibility index (Phi) is 8.00. The van der Waals surface area contributed by atoms with Gasteiger partial charge in [-0.3, -0.25) is 14.5 Å². The van der Waals surface area contributed by atoms with Gasteiger partial charge in [0.2, 0.25) is 0 Å². The average molecular weight is 513 g/mol. The molecule has 2 N–H and O–H groups in total. The van der Waals surface area contributed by atoms with E-state index in [0.29, 0.717) is 22.5 Å². The lowest BCUT2D eigenvalue weighted by Crippen LogP contribution is -2.43. The fraction of sp³-hybridized carbons (Fsp3) is 0.367. The molecule has 2 aromatic carbocycles. The van der Waals surface area contributed by atoms with E-state index in [4.69, 9.17) is 0 Å². The van der Waals surface area contributed by atoms with E-state index in [2.05, 4.69) is 43.4 Å². The minimum Gasteiger partial charge on any atom is -0.357 e. The van der Waals surface area contributed by atoms with Gasteiger partial charge in [-0.2, -0.15) is 0 Å². The van der Waals surface area contributed by atoms with Crippen molar-refractivity contribution in [1.29, 1.82) is 0 Å². The van der Waals surface area contributed by atoms with Crippen LogP contribution >= 0.6 is 0 Å². The van der Waals surface area contributed by atoms with Crippen LogP contribution in [0.3, 0.4) is 0 Å². The molecular weight excluding hydrogens is 476 g/mol. The molecule has 3 aromatic rings. The summed E-state index contributed by atoms with van der Waals surface area (Å²) in [6, 6.07) is 16.9. The number of amides is 2. The summed E-state index contributed by atoms with van der Waals surface area (Å²) in [6.07, 6.45) is 3.98. The van der Waals surface area contributed by atoms with Crippen LogP contribution in [0, 0.1) is 6.92 Å². The van der Waals surface area contributed by atoms with E-state index < -0.39 is 0 Å². The number of pyridine rings is 1. The van der Waals surface area contributed by atoms with Gasteiger partial charge in [0, 0.05) is 74.5 Å². The van der Waals surface area contributed by atoms with Crippen LogP contribution in [0.15, 0.2) is 60.8 Å². The predicted molar refractivity (Wildman–Crippen MR) is 152 cm³/mol. The minimum absolute atomic E-state index is 0.166. The van der Waals surface area contributed by atoms with E-state index in [9.17, 15) is 9.59 Å². The first-order valence-electron chi connectivity index (χ1n) is 13.4. The summed E-state index contributed by atoms with van der Waals surface area (Å²) < 4.78 is 0. The number of rotatable bonds is 7. The van der Waals surface area contributed by atoms with Gasteiger partial charge >= 0.3 is 0 Å². The van der Waals surface area contributed by atoms with Gasteiger partial charge in [0.05, 0.1) is 0 Å². The maximum absolute atomic E-state index is 13.1. The molecule has 8 heteroatoms. The molecule has 3 heterocycles. The number of nitrogens with zero attached hydrogens (tertiary/aromatic N) is 4. The zero-order chi connectivity index (χ0) is 26.5. The van der Waals surface area contributed by atoms with Crippen LogP contribution < -0.4 is 15.5 Å². The van der Waals surface area contributed by atoms with Crippen molar-refractivity contribution in [3.05, 3.63) is 83.0 Å². The number of carbonyl (C=O) groups excluding carboxylic acids is 2. The number of hydrogen-bond donors (Lipinski definition) is 2. The number of aromatic nitrogens is 1. The molecular formula is C30H36N6O2. The van der Waals surface area contributed by atoms with Crippen molar-refractivity contribution in [2.24, 2.45) is 0 Å². The third-order valence-corrected chi connectivity index (χ3v) is 7.37. The highest BCUT2D eigenvalue weighted by atomic mass is 16.2. The quantitative estimate of drug-likeness (QED) is 0.493. The third kappa shape index (κ3) is 6.38. The zero-order valence-electron chi connectivity index (χ0n) is 22.2. The number of piperazine rings is 1. The van der Waals surface area contributed by atoms with Crippen LogP contribution in [0.1, 0.15) is 44.7 Å². The van der Waals surface area contributed by atoms with Gasteiger partial charge in [0.25, 0.3) is 11.8 Å². The Labute approximate surface area is 224 Å². The van der Waals surface area contributed by atoms with Gasteiger partial charge in [0.1, 0.15) is 5.82 Å². The van der Waals surface area contributed by atoms with E-state index in [1.807, 2.05) is 49.4 Å². The van der Waals surface area contributed by atoms with E-state index in [0.717, 1.165) is 75.6 Å². The molecule has 0 saturated carbocycles. The zero-order valence-corrected chi connectivity index (χ0v) is 22.2. The molecule has 198 valence electrons. The highest BCUT2D eigenvalue weighted by Gasteiger charge is 2.17. The van der Waals surface area contributed by atoms with Crippen LogP contribution in [0.4, 0.5) is 17.2 Å². The Balaban J connectivity index is 1.24. The molecule has 2 amide bonds. The first-order valence-corrected chi connectivity index (χ1v) is 13.4. The Morgan fingerprint density at radius 3 is 2.37 bits per heavy atom. The number of benzene rings is 2. The number of anilines is 3. The van der Waals surface area contributed by atoms with Crippen LogP contribution in [-0.4, -0.2) is 72.9 Å². The lowest BCUT2D eigenvalue weighted by Gasteiger charge is -2.32. The molecule has 0 atom stereocenters. The summed E-state index contributed by atoms with van der Waals surface area (Å²) in [4.78, 5) is 37.5. The number of aryl methyl sites for hydroxylation is 1. The molecule has 0 spiro atoms. The average Bonchev–Trinajstić information content (AvgIpc) is 3.47.